The third kappa shape index (κ3) is 4.07. The highest BCUT2D eigenvalue weighted by atomic mass is 19.4. The van der Waals surface area contributed by atoms with Gasteiger partial charge in [-0.25, -0.2) is 4.98 Å². The first kappa shape index (κ1) is 16.0. The van der Waals surface area contributed by atoms with Crippen molar-refractivity contribution in [2.45, 2.75) is 12.6 Å². The summed E-state index contributed by atoms with van der Waals surface area (Å²) in [6, 6.07) is 0.958. The number of rotatable bonds is 6. The Morgan fingerprint density at radius 3 is 2.62 bits per heavy atom. The predicted molar refractivity (Wildman–Crippen MR) is 71.3 cm³/mol. The Morgan fingerprint density at radius 1 is 1.33 bits per heavy atom. The van der Waals surface area contributed by atoms with Gasteiger partial charge >= 0.3 is 6.18 Å². The summed E-state index contributed by atoms with van der Waals surface area (Å²) in [4.78, 5) is 6.00. The number of hydrogen-bond donors (Lipinski definition) is 0. The molecule has 1 saturated heterocycles. The fraction of sp³-hybridized carbons (Fsp3) is 0.643. The molecule has 1 fully saturated rings. The second kappa shape index (κ2) is 6.62. The molecule has 0 spiro atoms. The van der Waals surface area contributed by atoms with Crippen molar-refractivity contribution < 1.29 is 22.6 Å². The summed E-state index contributed by atoms with van der Waals surface area (Å²) < 4.78 is 48.9. The van der Waals surface area contributed by atoms with Gasteiger partial charge < -0.3 is 14.4 Å². The molecule has 4 nitrogen and oxygen atoms in total. The summed E-state index contributed by atoms with van der Waals surface area (Å²) in [7, 11) is 2.96. The molecule has 0 radical (unpaired) electrons. The molecule has 0 bridgehead atoms. The van der Waals surface area contributed by atoms with E-state index in [2.05, 4.69) is 9.88 Å². The van der Waals surface area contributed by atoms with Crippen LogP contribution in [0.4, 0.5) is 13.2 Å². The van der Waals surface area contributed by atoms with E-state index in [0.717, 1.165) is 19.2 Å². The van der Waals surface area contributed by atoms with Gasteiger partial charge in [0.2, 0.25) is 5.88 Å². The lowest BCUT2D eigenvalue weighted by atomic mass is 9.99. The molecule has 0 atom stereocenters. The quantitative estimate of drug-likeness (QED) is 0.807. The Labute approximate surface area is 121 Å². The Kier molecular flexibility index (Phi) is 5.05. The van der Waals surface area contributed by atoms with Gasteiger partial charge in [-0.05, 0) is 12.0 Å². The van der Waals surface area contributed by atoms with Gasteiger partial charge in [0.15, 0.2) is 0 Å². The molecule has 1 aromatic rings. The van der Waals surface area contributed by atoms with Crippen molar-refractivity contribution >= 4 is 0 Å². The van der Waals surface area contributed by atoms with Gasteiger partial charge in [-0.1, -0.05) is 0 Å². The lowest BCUT2D eigenvalue weighted by molar-refractivity contribution is -0.138. The lowest BCUT2D eigenvalue weighted by Crippen LogP contribution is -2.49. The largest absolute Gasteiger partial charge is 0.481 e. The van der Waals surface area contributed by atoms with Gasteiger partial charge in [-0.3, -0.25) is 0 Å². The molecule has 118 valence electrons. The number of pyridine rings is 1. The van der Waals surface area contributed by atoms with E-state index in [9.17, 15) is 13.2 Å². The van der Waals surface area contributed by atoms with E-state index in [1.54, 1.807) is 7.11 Å². The summed E-state index contributed by atoms with van der Waals surface area (Å²) in [6.45, 7) is 3.04. The van der Waals surface area contributed by atoms with Crippen LogP contribution in [0.3, 0.4) is 0 Å². The monoisotopic (exact) mass is 304 g/mol. The van der Waals surface area contributed by atoms with Crippen molar-refractivity contribution in [2.75, 3.05) is 40.5 Å². The standard InChI is InChI=1S/C14H19F3N2O2/c1-20-9-10-7-19(8-10)4-3-11-6-18-13(21-2)5-12(11)14(15,16)17/h5-6,10H,3-4,7-9H2,1-2H3. The van der Waals surface area contributed by atoms with Crippen molar-refractivity contribution in [3.63, 3.8) is 0 Å². The third-order valence-electron chi connectivity index (χ3n) is 3.61. The second-order valence-electron chi connectivity index (χ2n) is 5.21. The predicted octanol–water partition coefficient (Wildman–Crippen LogP) is 2.23. The van der Waals surface area contributed by atoms with E-state index in [1.807, 2.05) is 0 Å². The Hall–Kier alpha value is -1.34. The van der Waals surface area contributed by atoms with E-state index in [0.29, 0.717) is 25.5 Å². The number of methoxy groups -OCH3 is 2. The molecule has 1 aliphatic heterocycles. The van der Waals surface area contributed by atoms with E-state index in [1.165, 1.54) is 13.3 Å². The fourth-order valence-corrected chi connectivity index (χ4v) is 2.52. The topological polar surface area (TPSA) is 34.6 Å². The minimum Gasteiger partial charge on any atom is -0.481 e. The van der Waals surface area contributed by atoms with Crippen LogP contribution >= 0.6 is 0 Å². The molecule has 0 amide bonds. The highest BCUT2D eigenvalue weighted by molar-refractivity contribution is 5.32. The number of likely N-dealkylation sites (tertiary alicyclic amines) is 1. The highest BCUT2D eigenvalue weighted by Gasteiger charge is 2.34. The molecule has 7 heteroatoms. The smallest absolute Gasteiger partial charge is 0.416 e. The van der Waals surface area contributed by atoms with Crippen molar-refractivity contribution in [1.82, 2.24) is 9.88 Å². The van der Waals surface area contributed by atoms with Gasteiger partial charge in [0.25, 0.3) is 0 Å². The lowest BCUT2D eigenvalue weighted by Gasteiger charge is -2.39. The maximum atomic E-state index is 13.0. The molecule has 0 unspecified atom stereocenters. The highest BCUT2D eigenvalue weighted by Crippen LogP contribution is 2.34. The summed E-state index contributed by atoms with van der Waals surface area (Å²) in [5.74, 6) is 0.473. The molecule has 0 aromatic carbocycles. The van der Waals surface area contributed by atoms with Crippen LogP contribution in [-0.4, -0.2) is 50.3 Å². The van der Waals surface area contributed by atoms with Crippen LogP contribution in [0.5, 0.6) is 5.88 Å². The second-order valence-corrected chi connectivity index (χ2v) is 5.21. The van der Waals surface area contributed by atoms with Crippen LogP contribution in [0.15, 0.2) is 12.3 Å². The van der Waals surface area contributed by atoms with Gasteiger partial charge in [-0.2, -0.15) is 13.2 Å². The van der Waals surface area contributed by atoms with Crippen LogP contribution in [0.2, 0.25) is 0 Å². The normalized spacial score (nSPS) is 16.8. The maximum absolute atomic E-state index is 13.0. The van der Waals surface area contributed by atoms with E-state index in [-0.39, 0.29) is 11.4 Å². The fourth-order valence-electron chi connectivity index (χ4n) is 2.52. The number of halogens is 3. The molecular weight excluding hydrogens is 285 g/mol. The average molecular weight is 304 g/mol. The van der Waals surface area contributed by atoms with Crippen molar-refractivity contribution in [3.05, 3.63) is 23.4 Å². The van der Waals surface area contributed by atoms with Crippen LogP contribution in [-0.2, 0) is 17.3 Å². The van der Waals surface area contributed by atoms with Gasteiger partial charge in [0.05, 0.1) is 19.3 Å². The summed E-state index contributed by atoms with van der Waals surface area (Å²) >= 11 is 0. The Morgan fingerprint density at radius 2 is 2.05 bits per heavy atom. The van der Waals surface area contributed by atoms with Gasteiger partial charge in [0, 0.05) is 44.9 Å². The molecule has 21 heavy (non-hydrogen) atoms. The Balaban J connectivity index is 1.97. The van der Waals surface area contributed by atoms with Crippen LogP contribution in [0.25, 0.3) is 0 Å². The number of nitrogens with zero attached hydrogens (tertiary/aromatic N) is 2. The number of hydrogen-bond acceptors (Lipinski definition) is 4. The minimum atomic E-state index is -4.39. The molecular formula is C14H19F3N2O2. The van der Waals surface area contributed by atoms with Crippen LogP contribution in [0.1, 0.15) is 11.1 Å². The number of aromatic nitrogens is 1. The molecule has 1 aromatic heterocycles. The summed E-state index contributed by atoms with van der Waals surface area (Å²) in [5, 5.41) is 0. The first-order valence-corrected chi connectivity index (χ1v) is 6.75. The average Bonchev–Trinajstić information content (AvgIpc) is 2.40. The molecule has 2 rings (SSSR count). The first-order chi connectivity index (χ1) is 9.94. The SMILES string of the molecule is COCC1CN(CCc2cnc(OC)cc2C(F)(F)F)C1. The zero-order valence-corrected chi connectivity index (χ0v) is 12.1. The zero-order chi connectivity index (χ0) is 15.5. The maximum Gasteiger partial charge on any atom is 0.416 e. The molecule has 0 aliphatic carbocycles. The van der Waals surface area contributed by atoms with Gasteiger partial charge in [-0.15, -0.1) is 0 Å². The van der Waals surface area contributed by atoms with Crippen LogP contribution < -0.4 is 4.74 Å². The van der Waals surface area contributed by atoms with Gasteiger partial charge in [0.1, 0.15) is 0 Å². The summed E-state index contributed by atoms with van der Waals surface area (Å²) in [6.07, 6.45) is -2.81. The minimum absolute atomic E-state index is 0.0183. The first-order valence-electron chi connectivity index (χ1n) is 6.75. The molecule has 2 heterocycles. The van der Waals surface area contributed by atoms with E-state index >= 15 is 0 Å². The molecule has 0 saturated carbocycles. The number of ether oxygens (including phenoxy) is 2. The van der Waals surface area contributed by atoms with Crippen molar-refractivity contribution in [2.24, 2.45) is 5.92 Å². The molecule has 0 N–H and O–H groups in total. The summed E-state index contributed by atoms with van der Waals surface area (Å²) in [5.41, 5.74) is -0.457. The zero-order valence-electron chi connectivity index (χ0n) is 12.1. The molecule has 1 aliphatic rings. The number of alkyl halides is 3. The Bertz CT molecular complexity index is 474. The van der Waals surface area contributed by atoms with Crippen molar-refractivity contribution in [3.8, 4) is 5.88 Å². The van der Waals surface area contributed by atoms with Crippen molar-refractivity contribution in [1.29, 1.82) is 0 Å². The third-order valence-corrected chi connectivity index (χ3v) is 3.61. The van der Waals surface area contributed by atoms with Crippen LogP contribution in [0, 0.1) is 5.92 Å². The van der Waals surface area contributed by atoms with E-state index in [4.69, 9.17) is 9.47 Å². The van der Waals surface area contributed by atoms with E-state index < -0.39 is 11.7 Å².